The number of morpholine rings is 1. The zero-order valence-electron chi connectivity index (χ0n) is 13.4. The van der Waals surface area contributed by atoms with Gasteiger partial charge in [0.2, 0.25) is 0 Å². The highest BCUT2D eigenvalue weighted by Gasteiger charge is 2.28. The molecule has 2 amide bonds. The van der Waals surface area contributed by atoms with Crippen LogP contribution in [0.15, 0.2) is 48.5 Å². The molecule has 1 atom stereocenters. The number of methoxy groups -OCH3 is 1. The third kappa shape index (κ3) is 3.49. The van der Waals surface area contributed by atoms with Crippen molar-refractivity contribution >= 4 is 11.7 Å². The second-order valence-corrected chi connectivity index (χ2v) is 5.47. The summed E-state index contributed by atoms with van der Waals surface area (Å²) in [5.41, 5.74) is 1.50. The molecule has 0 radical (unpaired) electrons. The molecule has 5 nitrogen and oxygen atoms in total. The molecule has 1 aliphatic heterocycles. The molecule has 2 aromatic rings. The summed E-state index contributed by atoms with van der Waals surface area (Å²) in [6.45, 7) is 1.43. The maximum absolute atomic E-state index is 13.5. The van der Waals surface area contributed by atoms with Crippen molar-refractivity contribution in [2.75, 3.05) is 32.2 Å². The molecule has 0 spiro atoms. The second-order valence-electron chi connectivity index (χ2n) is 5.47. The van der Waals surface area contributed by atoms with Crippen LogP contribution in [0.1, 0.15) is 11.6 Å². The fourth-order valence-corrected chi connectivity index (χ4v) is 2.73. The van der Waals surface area contributed by atoms with E-state index >= 15 is 0 Å². The van der Waals surface area contributed by atoms with Crippen molar-refractivity contribution < 1.29 is 18.7 Å². The van der Waals surface area contributed by atoms with E-state index in [1.165, 1.54) is 25.3 Å². The molecule has 0 aliphatic carbocycles. The van der Waals surface area contributed by atoms with Crippen molar-refractivity contribution in [3.05, 3.63) is 59.9 Å². The number of nitrogens with zero attached hydrogens (tertiary/aromatic N) is 1. The number of nitrogens with one attached hydrogen (secondary N) is 1. The maximum atomic E-state index is 13.5. The van der Waals surface area contributed by atoms with Crippen molar-refractivity contribution in [2.24, 2.45) is 0 Å². The number of halogens is 1. The molecule has 24 heavy (non-hydrogen) atoms. The second kappa shape index (κ2) is 7.31. The van der Waals surface area contributed by atoms with Crippen LogP contribution in [0.25, 0.3) is 0 Å². The van der Waals surface area contributed by atoms with Gasteiger partial charge in [0.25, 0.3) is 0 Å². The number of carbonyl (C=O) groups is 1. The van der Waals surface area contributed by atoms with Crippen LogP contribution in [0.3, 0.4) is 0 Å². The summed E-state index contributed by atoms with van der Waals surface area (Å²) in [4.78, 5) is 14.4. The third-order valence-electron chi connectivity index (χ3n) is 3.98. The average molecular weight is 330 g/mol. The minimum atomic E-state index is -0.468. The Labute approximate surface area is 140 Å². The quantitative estimate of drug-likeness (QED) is 0.938. The van der Waals surface area contributed by atoms with E-state index in [1.54, 1.807) is 4.90 Å². The Morgan fingerprint density at radius 1 is 1.29 bits per heavy atom. The zero-order valence-corrected chi connectivity index (χ0v) is 13.4. The fourth-order valence-electron chi connectivity index (χ4n) is 2.73. The van der Waals surface area contributed by atoms with Crippen LogP contribution in [-0.2, 0) is 4.74 Å². The van der Waals surface area contributed by atoms with Gasteiger partial charge < -0.3 is 19.7 Å². The van der Waals surface area contributed by atoms with E-state index < -0.39 is 5.82 Å². The van der Waals surface area contributed by atoms with Gasteiger partial charge in [0.05, 0.1) is 26.4 Å². The lowest BCUT2D eigenvalue weighted by Crippen LogP contribution is -2.45. The fraction of sp³-hybridized carbons (Fsp3) is 0.278. The van der Waals surface area contributed by atoms with E-state index in [9.17, 15) is 9.18 Å². The number of hydrogen-bond donors (Lipinski definition) is 1. The minimum Gasteiger partial charge on any atom is -0.494 e. The number of anilines is 1. The number of rotatable bonds is 3. The van der Waals surface area contributed by atoms with Gasteiger partial charge in [0.1, 0.15) is 0 Å². The van der Waals surface area contributed by atoms with Crippen LogP contribution >= 0.6 is 0 Å². The van der Waals surface area contributed by atoms with Gasteiger partial charge in [0, 0.05) is 18.3 Å². The van der Waals surface area contributed by atoms with E-state index in [0.717, 1.165) is 5.56 Å². The summed E-state index contributed by atoms with van der Waals surface area (Å²) in [5.74, 6) is -0.376. The number of amides is 2. The molecular formula is C18H19FN2O3. The molecule has 1 aliphatic rings. The molecule has 1 saturated heterocycles. The van der Waals surface area contributed by atoms with Crippen LogP contribution < -0.4 is 10.1 Å². The molecule has 1 N–H and O–H groups in total. The highest BCUT2D eigenvalue weighted by molar-refractivity contribution is 5.90. The first-order valence-corrected chi connectivity index (χ1v) is 7.73. The van der Waals surface area contributed by atoms with Crippen molar-refractivity contribution in [3.8, 4) is 5.75 Å². The van der Waals surface area contributed by atoms with Crippen LogP contribution in [0.2, 0.25) is 0 Å². The summed E-state index contributed by atoms with van der Waals surface area (Å²) in [5, 5.41) is 2.80. The average Bonchev–Trinajstić information content (AvgIpc) is 2.64. The van der Waals surface area contributed by atoms with Gasteiger partial charge in [0.15, 0.2) is 11.6 Å². The van der Waals surface area contributed by atoms with Gasteiger partial charge in [-0.3, -0.25) is 0 Å². The molecule has 1 heterocycles. The summed E-state index contributed by atoms with van der Waals surface area (Å²) in [6, 6.07) is 13.6. The molecule has 126 valence electrons. The normalized spacial score (nSPS) is 17.4. The molecule has 6 heteroatoms. The monoisotopic (exact) mass is 330 g/mol. The highest BCUT2D eigenvalue weighted by Crippen LogP contribution is 2.26. The zero-order chi connectivity index (χ0) is 16.9. The predicted octanol–water partition coefficient (Wildman–Crippen LogP) is 3.44. The van der Waals surface area contributed by atoms with Crippen LogP contribution in [0.4, 0.5) is 14.9 Å². The lowest BCUT2D eigenvalue weighted by molar-refractivity contribution is 0.0148. The van der Waals surface area contributed by atoms with Gasteiger partial charge in [-0.05, 0) is 17.7 Å². The molecule has 0 bridgehead atoms. The molecule has 0 unspecified atom stereocenters. The summed E-state index contributed by atoms with van der Waals surface area (Å²) < 4.78 is 24.0. The number of hydrogen-bond acceptors (Lipinski definition) is 3. The van der Waals surface area contributed by atoms with Crippen molar-refractivity contribution in [3.63, 3.8) is 0 Å². The maximum Gasteiger partial charge on any atom is 0.322 e. The summed E-state index contributed by atoms with van der Waals surface area (Å²) >= 11 is 0. The Morgan fingerprint density at radius 2 is 2.08 bits per heavy atom. The van der Waals surface area contributed by atoms with E-state index in [0.29, 0.717) is 25.4 Å². The van der Waals surface area contributed by atoms with Crippen molar-refractivity contribution in [1.82, 2.24) is 4.90 Å². The van der Waals surface area contributed by atoms with Gasteiger partial charge in [-0.25, -0.2) is 9.18 Å². The topological polar surface area (TPSA) is 50.8 Å². The van der Waals surface area contributed by atoms with E-state index in [2.05, 4.69) is 5.32 Å². The Balaban J connectivity index is 1.77. The SMILES string of the molecule is COc1cc(NC(=O)N2CCOC[C@@H]2c2ccccc2)ccc1F. The Hall–Kier alpha value is -2.60. The van der Waals surface area contributed by atoms with Crippen molar-refractivity contribution in [2.45, 2.75) is 6.04 Å². The first-order chi connectivity index (χ1) is 11.7. The summed E-state index contributed by atoms with van der Waals surface area (Å²) in [6.07, 6.45) is 0. The summed E-state index contributed by atoms with van der Waals surface area (Å²) in [7, 11) is 1.39. The number of benzene rings is 2. The van der Waals surface area contributed by atoms with Gasteiger partial charge >= 0.3 is 6.03 Å². The molecule has 0 saturated carbocycles. The first kappa shape index (κ1) is 16.3. The third-order valence-corrected chi connectivity index (χ3v) is 3.98. The molecule has 3 rings (SSSR count). The Bertz CT molecular complexity index is 709. The number of carbonyl (C=O) groups excluding carboxylic acids is 1. The van der Waals surface area contributed by atoms with E-state index in [1.807, 2.05) is 30.3 Å². The lowest BCUT2D eigenvalue weighted by atomic mass is 10.1. The van der Waals surface area contributed by atoms with E-state index in [4.69, 9.17) is 9.47 Å². The highest BCUT2D eigenvalue weighted by atomic mass is 19.1. The number of urea groups is 1. The minimum absolute atomic E-state index is 0.0920. The molecule has 0 aromatic heterocycles. The van der Waals surface area contributed by atoms with E-state index in [-0.39, 0.29) is 17.8 Å². The van der Waals surface area contributed by atoms with Crippen molar-refractivity contribution in [1.29, 1.82) is 0 Å². The van der Waals surface area contributed by atoms with Gasteiger partial charge in [-0.1, -0.05) is 30.3 Å². The Kier molecular flexibility index (Phi) is 4.96. The number of ether oxygens (including phenoxy) is 2. The van der Waals surface area contributed by atoms with Crippen LogP contribution in [0, 0.1) is 5.82 Å². The predicted molar refractivity (Wildman–Crippen MR) is 88.7 cm³/mol. The smallest absolute Gasteiger partial charge is 0.322 e. The lowest BCUT2D eigenvalue weighted by Gasteiger charge is -2.35. The largest absolute Gasteiger partial charge is 0.494 e. The first-order valence-electron chi connectivity index (χ1n) is 7.73. The van der Waals surface area contributed by atoms with Crippen LogP contribution in [0.5, 0.6) is 5.75 Å². The molecule has 2 aromatic carbocycles. The Morgan fingerprint density at radius 3 is 2.83 bits per heavy atom. The van der Waals surface area contributed by atoms with Gasteiger partial charge in [-0.15, -0.1) is 0 Å². The van der Waals surface area contributed by atoms with Gasteiger partial charge in [-0.2, -0.15) is 0 Å². The van der Waals surface area contributed by atoms with Crippen LogP contribution in [-0.4, -0.2) is 37.8 Å². The molecular weight excluding hydrogens is 311 g/mol. The molecule has 1 fully saturated rings. The standard InChI is InChI=1S/C18H19FN2O3/c1-23-17-11-14(7-8-15(17)19)20-18(22)21-9-10-24-12-16(21)13-5-3-2-4-6-13/h2-8,11,16H,9-10,12H2,1H3,(H,20,22)/t16-/m1/s1.